The number of carboxylic acid groups (broad SMARTS) is 1. The minimum absolute atomic E-state index is 0.0138. The van der Waals surface area contributed by atoms with E-state index in [2.05, 4.69) is 34.3 Å². The van der Waals surface area contributed by atoms with Crippen molar-refractivity contribution >= 4 is 39.0 Å². The number of aryl methyl sites for hydroxylation is 1. The van der Waals surface area contributed by atoms with Gasteiger partial charge in [-0.2, -0.15) is 0 Å². The lowest BCUT2D eigenvalue weighted by Crippen LogP contribution is -2.00. The van der Waals surface area contributed by atoms with E-state index < -0.39 is 5.97 Å². The van der Waals surface area contributed by atoms with E-state index in [1.807, 2.05) is 42.5 Å². The molecule has 134 valence electrons. The first-order valence-corrected chi connectivity index (χ1v) is 9.31. The number of nitrogens with one attached hydrogen (secondary N) is 1. The first kappa shape index (κ1) is 17.2. The molecule has 0 atom stereocenters. The third kappa shape index (κ3) is 3.52. The molecule has 0 saturated heterocycles. The van der Waals surface area contributed by atoms with Gasteiger partial charge in [0.15, 0.2) is 0 Å². The van der Waals surface area contributed by atoms with Crippen LogP contribution < -0.4 is 5.32 Å². The normalized spacial score (nSPS) is 10.9. The highest BCUT2D eigenvalue weighted by molar-refractivity contribution is 7.19. The third-order valence-electron chi connectivity index (χ3n) is 4.30. The summed E-state index contributed by atoms with van der Waals surface area (Å²) in [6, 6.07) is 17.6. The summed E-state index contributed by atoms with van der Waals surface area (Å²) in [5.41, 5.74) is 3.89. The summed E-state index contributed by atoms with van der Waals surface area (Å²) < 4.78 is 0. The van der Waals surface area contributed by atoms with Crippen LogP contribution in [0.1, 0.15) is 10.4 Å². The summed E-state index contributed by atoms with van der Waals surface area (Å²) >= 11 is 1.65. The molecule has 0 fully saturated rings. The van der Waals surface area contributed by atoms with Crippen LogP contribution in [0, 0.1) is 6.92 Å². The molecule has 2 heterocycles. The minimum atomic E-state index is -0.838. The van der Waals surface area contributed by atoms with E-state index in [-0.39, 0.29) is 6.42 Å². The number of aromatic nitrogens is 2. The summed E-state index contributed by atoms with van der Waals surface area (Å²) in [5.74, 6) is -0.0938. The quantitative estimate of drug-likeness (QED) is 0.511. The van der Waals surface area contributed by atoms with Crippen LogP contribution in [0.25, 0.3) is 21.3 Å². The fourth-order valence-electron chi connectivity index (χ4n) is 3.11. The van der Waals surface area contributed by atoms with Crippen LogP contribution in [0.3, 0.4) is 0 Å². The van der Waals surface area contributed by atoms with Gasteiger partial charge < -0.3 is 10.4 Å². The second kappa shape index (κ2) is 7.17. The number of hydrogen-bond acceptors (Lipinski definition) is 5. The van der Waals surface area contributed by atoms with Crippen molar-refractivity contribution in [2.75, 3.05) is 5.32 Å². The molecule has 0 aliphatic carbocycles. The predicted molar refractivity (Wildman–Crippen MR) is 109 cm³/mol. The molecule has 0 saturated carbocycles. The second-order valence-electron chi connectivity index (χ2n) is 6.19. The molecular formula is C21H17N3O2S. The molecule has 2 aromatic heterocycles. The van der Waals surface area contributed by atoms with E-state index in [0.717, 1.165) is 38.4 Å². The molecule has 5 nitrogen and oxygen atoms in total. The van der Waals surface area contributed by atoms with E-state index in [0.29, 0.717) is 0 Å². The standard InChI is InChI=1S/C21H17N3O2S/c1-13-18(15-5-3-2-4-6-15)19-20(22-12-23-21(19)27-13)24-16-9-7-14(8-10-16)11-17(25)26/h2-10,12H,11H2,1H3,(H,25,26)(H,22,23,24). The number of rotatable bonds is 5. The van der Waals surface area contributed by atoms with Crippen molar-refractivity contribution in [1.82, 2.24) is 9.97 Å². The number of fused-ring (bicyclic) bond motifs is 1. The second-order valence-corrected chi connectivity index (χ2v) is 7.40. The number of hydrogen-bond donors (Lipinski definition) is 2. The number of thiophene rings is 1. The molecule has 0 aliphatic rings. The topological polar surface area (TPSA) is 75.1 Å². The highest BCUT2D eigenvalue weighted by Gasteiger charge is 2.16. The van der Waals surface area contributed by atoms with Crippen molar-refractivity contribution in [3.05, 3.63) is 71.4 Å². The van der Waals surface area contributed by atoms with Gasteiger partial charge in [0.1, 0.15) is 17.0 Å². The maximum absolute atomic E-state index is 10.8. The molecule has 0 bridgehead atoms. The van der Waals surface area contributed by atoms with E-state index >= 15 is 0 Å². The first-order valence-electron chi connectivity index (χ1n) is 8.49. The zero-order valence-corrected chi connectivity index (χ0v) is 15.5. The molecule has 0 radical (unpaired) electrons. The maximum Gasteiger partial charge on any atom is 0.307 e. The Bertz CT molecular complexity index is 1110. The lowest BCUT2D eigenvalue weighted by atomic mass is 10.0. The van der Waals surface area contributed by atoms with Gasteiger partial charge in [-0.3, -0.25) is 4.79 Å². The van der Waals surface area contributed by atoms with Gasteiger partial charge in [0.05, 0.1) is 11.8 Å². The van der Waals surface area contributed by atoms with Gasteiger partial charge in [0.25, 0.3) is 0 Å². The highest BCUT2D eigenvalue weighted by Crippen LogP contribution is 2.40. The summed E-state index contributed by atoms with van der Waals surface area (Å²) in [5, 5.41) is 13.3. The Kier molecular flexibility index (Phi) is 4.56. The molecule has 0 unspecified atom stereocenters. The van der Waals surface area contributed by atoms with Crippen LogP contribution in [-0.2, 0) is 11.2 Å². The monoisotopic (exact) mass is 375 g/mol. The van der Waals surface area contributed by atoms with Gasteiger partial charge in [0.2, 0.25) is 0 Å². The van der Waals surface area contributed by atoms with Crippen molar-refractivity contribution < 1.29 is 9.90 Å². The van der Waals surface area contributed by atoms with Crippen LogP contribution in [-0.4, -0.2) is 21.0 Å². The Morgan fingerprint density at radius 1 is 1.07 bits per heavy atom. The van der Waals surface area contributed by atoms with Crippen LogP contribution >= 0.6 is 11.3 Å². The molecule has 4 rings (SSSR count). The number of nitrogens with zero attached hydrogens (tertiary/aromatic N) is 2. The molecule has 0 amide bonds. The molecule has 27 heavy (non-hydrogen) atoms. The fraction of sp³-hybridized carbons (Fsp3) is 0.0952. The Labute approximate surface area is 160 Å². The van der Waals surface area contributed by atoms with Crippen molar-refractivity contribution in [1.29, 1.82) is 0 Å². The molecule has 6 heteroatoms. The van der Waals surface area contributed by atoms with Crippen LogP contribution in [0.15, 0.2) is 60.9 Å². The summed E-state index contributed by atoms with van der Waals surface area (Å²) in [4.78, 5) is 21.9. The summed E-state index contributed by atoms with van der Waals surface area (Å²) in [6.07, 6.45) is 1.58. The Balaban J connectivity index is 1.75. The molecule has 4 aromatic rings. The number of benzene rings is 2. The van der Waals surface area contributed by atoms with Gasteiger partial charge >= 0.3 is 5.97 Å². The lowest BCUT2D eigenvalue weighted by molar-refractivity contribution is -0.136. The van der Waals surface area contributed by atoms with Crippen molar-refractivity contribution in [3.8, 4) is 11.1 Å². The molecule has 2 aromatic carbocycles. The van der Waals surface area contributed by atoms with Crippen molar-refractivity contribution in [3.63, 3.8) is 0 Å². The van der Waals surface area contributed by atoms with E-state index in [1.54, 1.807) is 17.7 Å². The van der Waals surface area contributed by atoms with Gasteiger partial charge in [0, 0.05) is 16.1 Å². The Hall–Kier alpha value is -3.25. The fourth-order valence-corrected chi connectivity index (χ4v) is 4.12. The van der Waals surface area contributed by atoms with Crippen molar-refractivity contribution in [2.45, 2.75) is 13.3 Å². The van der Waals surface area contributed by atoms with Gasteiger partial charge in [-0.15, -0.1) is 11.3 Å². The average molecular weight is 375 g/mol. The number of anilines is 2. The number of carbonyl (C=O) groups is 1. The summed E-state index contributed by atoms with van der Waals surface area (Å²) in [6.45, 7) is 2.10. The zero-order valence-electron chi connectivity index (χ0n) is 14.6. The third-order valence-corrected chi connectivity index (χ3v) is 5.31. The van der Waals surface area contributed by atoms with E-state index in [9.17, 15) is 4.79 Å². The van der Waals surface area contributed by atoms with Crippen LogP contribution in [0.5, 0.6) is 0 Å². The number of carboxylic acids is 1. The van der Waals surface area contributed by atoms with E-state index in [1.165, 1.54) is 4.88 Å². The maximum atomic E-state index is 10.8. The first-order chi connectivity index (χ1) is 13.1. The Morgan fingerprint density at radius 3 is 2.52 bits per heavy atom. The SMILES string of the molecule is Cc1sc2ncnc(Nc3ccc(CC(=O)O)cc3)c2c1-c1ccccc1. The van der Waals surface area contributed by atoms with Gasteiger partial charge in [-0.1, -0.05) is 42.5 Å². The zero-order chi connectivity index (χ0) is 18.8. The lowest BCUT2D eigenvalue weighted by Gasteiger charge is -2.09. The molecule has 0 aliphatic heterocycles. The molecular weight excluding hydrogens is 358 g/mol. The summed E-state index contributed by atoms with van der Waals surface area (Å²) in [7, 11) is 0. The molecule has 2 N–H and O–H groups in total. The number of aliphatic carboxylic acids is 1. The van der Waals surface area contributed by atoms with Gasteiger partial charge in [-0.25, -0.2) is 9.97 Å². The predicted octanol–water partition coefficient (Wildman–Crippen LogP) is 5.04. The highest BCUT2D eigenvalue weighted by atomic mass is 32.1. The van der Waals surface area contributed by atoms with Crippen molar-refractivity contribution in [2.24, 2.45) is 0 Å². The van der Waals surface area contributed by atoms with E-state index in [4.69, 9.17) is 5.11 Å². The minimum Gasteiger partial charge on any atom is -0.481 e. The largest absolute Gasteiger partial charge is 0.481 e. The Morgan fingerprint density at radius 2 is 1.81 bits per heavy atom. The van der Waals surface area contributed by atoms with Gasteiger partial charge in [-0.05, 0) is 30.2 Å². The average Bonchev–Trinajstić information content (AvgIpc) is 3.00. The van der Waals surface area contributed by atoms with Crippen LogP contribution in [0.2, 0.25) is 0 Å². The molecule has 0 spiro atoms. The smallest absolute Gasteiger partial charge is 0.307 e. The van der Waals surface area contributed by atoms with Crippen LogP contribution in [0.4, 0.5) is 11.5 Å².